The van der Waals surface area contributed by atoms with Crippen molar-refractivity contribution in [1.29, 1.82) is 0 Å². The Hall–Kier alpha value is -0.530. The second-order valence-electron chi connectivity index (χ2n) is 4.90. The number of likely N-dealkylation sites (N-methyl/N-ethyl adjacent to an activating group) is 1. The van der Waals surface area contributed by atoms with Gasteiger partial charge in [0.25, 0.3) is 0 Å². The van der Waals surface area contributed by atoms with Gasteiger partial charge in [-0.15, -0.1) is 11.3 Å². The van der Waals surface area contributed by atoms with E-state index in [1.807, 2.05) is 6.92 Å². The molecule has 6 heteroatoms. The molecule has 1 aliphatic rings. The van der Waals surface area contributed by atoms with E-state index >= 15 is 0 Å². The minimum Gasteiger partial charge on any atom is -0.374 e. The van der Waals surface area contributed by atoms with Crippen LogP contribution < -0.4 is 11.3 Å². The maximum Gasteiger partial charge on any atom is 0.0947 e. The van der Waals surface area contributed by atoms with Crippen molar-refractivity contribution in [3.8, 4) is 0 Å². The van der Waals surface area contributed by atoms with E-state index in [0.717, 1.165) is 36.8 Å². The lowest BCUT2D eigenvalue weighted by Crippen LogP contribution is -2.54. The molecule has 18 heavy (non-hydrogen) atoms. The summed E-state index contributed by atoms with van der Waals surface area (Å²) >= 11 is 1.75. The van der Waals surface area contributed by atoms with Gasteiger partial charge >= 0.3 is 0 Å². The molecule has 2 heterocycles. The van der Waals surface area contributed by atoms with Crippen LogP contribution in [0.4, 0.5) is 0 Å². The first-order chi connectivity index (χ1) is 8.60. The molecule has 1 aromatic heterocycles. The van der Waals surface area contributed by atoms with Crippen molar-refractivity contribution in [3.63, 3.8) is 0 Å². The Bertz CT molecular complexity index is 376. The fourth-order valence-corrected chi connectivity index (χ4v) is 3.16. The van der Waals surface area contributed by atoms with E-state index in [4.69, 9.17) is 10.6 Å². The monoisotopic (exact) mass is 270 g/mol. The maximum atomic E-state index is 5.80. The number of aromatic nitrogens is 1. The van der Waals surface area contributed by atoms with Crippen molar-refractivity contribution < 1.29 is 4.74 Å². The zero-order valence-corrected chi connectivity index (χ0v) is 12.1. The number of nitrogens with zero attached hydrogens (tertiary/aromatic N) is 2. The number of rotatable bonds is 4. The van der Waals surface area contributed by atoms with Crippen LogP contribution in [-0.2, 0) is 11.2 Å². The molecule has 0 bridgehead atoms. The Balaban J connectivity index is 2.00. The second kappa shape index (κ2) is 6.08. The molecule has 2 atom stereocenters. The molecular weight excluding hydrogens is 248 g/mol. The van der Waals surface area contributed by atoms with Crippen molar-refractivity contribution in [2.24, 2.45) is 5.84 Å². The molecule has 1 saturated heterocycles. The quantitative estimate of drug-likeness (QED) is 0.615. The second-order valence-corrected chi connectivity index (χ2v) is 6.19. The van der Waals surface area contributed by atoms with Crippen molar-refractivity contribution >= 4 is 11.3 Å². The predicted octanol–water partition coefficient (Wildman–Crippen LogP) is 0.465. The van der Waals surface area contributed by atoms with Crippen molar-refractivity contribution in [2.45, 2.75) is 32.4 Å². The van der Waals surface area contributed by atoms with Crippen LogP contribution in [0.25, 0.3) is 0 Å². The lowest BCUT2D eigenvalue weighted by Gasteiger charge is -2.34. The fraction of sp³-hybridized carbons (Fsp3) is 0.750. The molecule has 1 fully saturated rings. The zero-order chi connectivity index (χ0) is 13.1. The molecule has 2 rings (SSSR count). The number of aryl methyl sites for hydroxylation is 2. The first-order valence-corrected chi connectivity index (χ1v) is 7.11. The highest BCUT2D eigenvalue weighted by Crippen LogP contribution is 2.19. The molecule has 0 saturated carbocycles. The van der Waals surface area contributed by atoms with Crippen LogP contribution in [0.5, 0.6) is 0 Å². The van der Waals surface area contributed by atoms with Gasteiger partial charge in [-0.2, -0.15) is 0 Å². The van der Waals surface area contributed by atoms with Crippen LogP contribution >= 0.6 is 11.3 Å². The summed E-state index contributed by atoms with van der Waals surface area (Å²) in [5.74, 6) is 5.67. The summed E-state index contributed by atoms with van der Waals surface area (Å²) in [4.78, 5) is 8.12. The molecule has 2 unspecified atom stereocenters. The Morgan fingerprint density at radius 3 is 2.94 bits per heavy atom. The summed E-state index contributed by atoms with van der Waals surface area (Å²) in [5.41, 5.74) is 4.00. The predicted molar refractivity (Wildman–Crippen MR) is 73.6 cm³/mol. The molecule has 3 N–H and O–H groups in total. The standard InChI is InChI=1S/C12H22N4OS/c1-8-9(2)18-12(14-8)6-10(15-13)11-7-16(3)4-5-17-11/h10-11,15H,4-7,13H2,1-3H3. The van der Waals surface area contributed by atoms with Gasteiger partial charge < -0.3 is 9.64 Å². The van der Waals surface area contributed by atoms with Gasteiger partial charge in [-0.05, 0) is 20.9 Å². The largest absolute Gasteiger partial charge is 0.374 e. The normalized spacial score (nSPS) is 23.2. The number of nitrogens with one attached hydrogen (secondary N) is 1. The fourth-order valence-electron chi connectivity index (χ4n) is 2.17. The summed E-state index contributed by atoms with van der Waals surface area (Å²) in [6, 6.07) is 0.123. The molecule has 0 aromatic carbocycles. The molecule has 0 amide bonds. The van der Waals surface area contributed by atoms with Gasteiger partial charge in [0.15, 0.2) is 0 Å². The van der Waals surface area contributed by atoms with E-state index in [0.29, 0.717) is 0 Å². The number of ether oxygens (including phenoxy) is 1. The van der Waals surface area contributed by atoms with Gasteiger partial charge in [-0.25, -0.2) is 4.98 Å². The van der Waals surface area contributed by atoms with Crippen molar-refractivity contribution in [3.05, 3.63) is 15.6 Å². The van der Waals surface area contributed by atoms with Crippen molar-refractivity contribution in [2.75, 3.05) is 26.7 Å². The van der Waals surface area contributed by atoms with Crippen LogP contribution in [0, 0.1) is 13.8 Å². The lowest BCUT2D eigenvalue weighted by atomic mass is 10.1. The average molecular weight is 270 g/mol. The van der Waals surface area contributed by atoms with Gasteiger partial charge in [0.1, 0.15) is 0 Å². The van der Waals surface area contributed by atoms with Gasteiger partial charge in [0, 0.05) is 24.4 Å². The average Bonchev–Trinajstić information content (AvgIpc) is 2.65. The Morgan fingerprint density at radius 1 is 1.61 bits per heavy atom. The van der Waals surface area contributed by atoms with Crippen LogP contribution in [0.2, 0.25) is 0 Å². The summed E-state index contributed by atoms with van der Waals surface area (Å²) in [6.07, 6.45) is 0.965. The van der Waals surface area contributed by atoms with Gasteiger partial charge in [0.05, 0.1) is 29.5 Å². The van der Waals surface area contributed by atoms with E-state index in [2.05, 4.69) is 29.3 Å². The van der Waals surface area contributed by atoms with E-state index in [9.17, 15) is 0 Å². The topological polar surface area (TPSA) is 63.4 Å². The van der Waals surface area contributed by atoms with Crippen LogP contribution in [0.1, 0.15) is 15.6 Å². The molecule has 102 valence electrons. The van der Waals surface area contributed by atoms with Gasteiger partial charge in [-0.3, -0.25) is 11.3 Å². The third kappa shape index (κ3) is 3.27. The highest BCUT2D eigenvalue weighted by atomic mass is 32.1. The van der Waals surface area contributed by atoms with E-state index in [-0.39, 0.29) is 12.1 Å². The van der Waals surface area contributed by atoms with Gasteiger partial charge in [-0.1, -0.05) is 0 Å². The molecule has 0 aliphatic carbocycles. The molecule has 5 nitrogen and oxygen atoms in total. The van der Waals surface area contributed by atoms with Gasteiger partial charge in [0.2, 0.25) is 0 Å². The van der Waals surface area contributed by atoms with E-state index in [1.54, 1.807) is 11.3 Å². The number of thiazole rings is 1. The zero-order valence-electron chi connectivity index (χ0n) is 11.3. The van der Waals surface area contributed by atoms with Crippen LogP contribution in [0.3, 0.4) is 0 Å². The summed E-state index contributed by atoms with van der Waals surface area (Å²) in [5, 5.41) is 1.13. The number of morpholine rings is 1. The minimum atomic E-state index is 0.123. The lowest BCUT2D eigenvalue weighted by molar-refractivity contribution is -0.0384. The molecule has 0 radical (unpaired) electrons. The summed E-state index contributed by atoms with van der Waals surface area (Å²) < 4.78 is 5.80. The molecule has 1 aliphatic heterocycles. The first kappa shape index (κ1) is 13.9. The highest BCUT2D eigenvalue weighted by Gasteiger charge is 2.27. The molecular formula is C12H22N4OS. The van der Waals surface area contributed by atoms with Crippen LogP contribution in [0.15, 0.2) is 0 Å². The van der Waals surface area contributed by atoms with Crippen molar-refractivity contribution in [1.82, 2.24) is 15.3 Å². The highest BCUT2D eigenvalue weighted by molar-refractivity contribution is 7.11. The Morgan fingerprint density at radius 2 is 2.39 bits per heavy atom. The number of nitrogens with two attached hydrogens (primary N) is 1. The summed E-state index contributed by atoms with van der Waals surface area (Å²) in [6.45, 7) is 6.83. The van der Waals surface area contributed by atoms with E-state index in [1.165, 1.54) is 4.88 Å². The first-order valence-electron chi connectivity index (χ1n) is 6.29. The number of hydrogen-bond donors (Lipinski definition) is 2. The molecule has 1 aromatic rings. The Kier molecular flexibility index (Phi) is 4.69. The SMILES string of the molecule is Cc1nc(CC(NN)C2CN(C)CCO2)sc1C. The van der Waals surface area contributed by atoms with Crippen LogP contribution in [-0.4, -0.2) is 48.8 Å². The Labute approximate surface area is 112 Å². The third-order valence-corrected chi connectivity index (χ3v) is 4.52. The minimum absolute atomic E-state index is 0.123. The molecule has 0 spiro atoms. The summed E-state index contributed by atoms with van der Waals surface area (Å²) in [7, 11) is 2.11. The number of hydrazine groups is 1. The number of hydrogen-bond acceptors (Lipinski definition) is 6. The van der Waals surface area contributed by atoms with E-state index < -0.39 is 0 Å². The third-order valence-electron chi connectivity index (χ3n) is 3.43. The maximum absolute atomic E-state index is 5.80. The smallest absolute Gasteiger partial charge is 0.0947 e.